The van der Waals surface area contributed by atoms with Gasteiger partial charge in [-0.3, -0.25) is 19.6 Å². The number of likely N-dealkylation sites (tertiary alicyclic amines) is 1. The van der Waals surface area contributed by atoms with E-state index in [0.29, 0.717) is 42.6 Å². The highest BCUT2D eigenvalue weighted by Crippen LogP contribution is 2.42. The molecule has 0 radical (unpaired) electrons. The van der Waals surface area contributed by atoms with Gasteiger partial charge in [0.1, 0.15) is 16.4 Å². The first kappa shape index (κ1) is 16.1. The second kappa shape index (κ2) is 6.16. The second-order valence-electron chi connectivity index (χ2n) is 6.30. The first-order chi connectivity index (χ1) is 12.1. The third-order valence-corrected chi connectivity index (χ3v) is 5.79. The van der Waals surface area contributed by atoms with E-state index in [2.05, 4.69) is 15.0 Å². The molecule has 2 fully saturated rings. The number of hydrogen-bond acceptors (Lipinski definition) is 7. The molecule has 1 N–H and O–H groups in total. The number of rotatable bonds is 3. The van der Waals surface area contributed by atoms with Crippen molar-refractivity contribution in [2.45, 2.75) is 6.42 Å². The summed E-state index contributed by atoms with van der Waals surface area (Å²) < 4.78 is 5.42. The molecule has 4 rings (SSSR count). The Morgan fingerprint density at radius 2 is 2.28 bits per heavy atom. The normalized spacial score (nSPS) is 25.6. The summed E-state index contributed by atoms with van der Waals surface area (Å²) in [6, 6.07) is 0. The quantitative estimate of drug-likeness (QED) is 0.875. The van der Waals surface area contributed by atoms with Crippen molar-refractivity contribution in [1.29, 1.82) is 0 Å². The molecule has 2 atom stereocenters. The maximum Gasteiger partial charge on any atom is 0.311 e. The summed E-state index contributed by atoms with van der Waals surface area (Å²) >= 11 is 1.32. The van der Waals surface area contributed by atoms with Gasteiger partial charge in [-0.15, -0.1) is 11.3 Å². The van der Waals surface area contributed by atoms with E-state index in [1.165, 1.54) is 11.3 Å². The van der Waals surface area contributed by atoms with Crippen LogP contribution in [-0.4, -0.2) is 63.1 Å². The zero-order chi connectivity index (χ0) is 17.4. The average Bonchev–Trinajstić information content (AvgIpc) is 3.27. The van der Waals surface area contributed by atoms with Crippen molar-refractivity contribution in [1.82, 2.24) is 19.9 Å². The van der Waals surface area contributed by atoms with Gasteiger partial charge in [-0.05, 0) is 6.42 Å². The SMILES string of the molecule is O=C(c1csc(-c2cnccn2)n1)N1C[C@H]2COCC[C@@]2(C(=O)O)C1. The summed E-state index contributed by atoms with van der Waals surface area (Å²) in [5, 5.41) is 12.0. The molecular formula is C16H16N4O4S. The standard InChI is InChI=1S/C16H16N4O4S/c21-14(12-8-25-13(19-12)11-5-17-2-3-18-11)20-6-10-7-24-4-1-16(10,9-20)15(22)23/h2-3,5,8,10H,1,4,6-7,9H2,(H,22,23)/t10-,16+/m0/s1. The van der Waals surface area contributed by atoms with Crippen LogP contribution in [0.25, 0.3) is 10.7 Å². The fourth-order valence-corrected chi connectivity index (χ4v) is 4.27. The number of hydrogen-bond donors (Lipinski definition) is 1. The summed E-state index contributed by atoms with van der Waals surface area (Å²) in [6.45, 7) is 1.37. The Hall–Kier alpha value is -2.39. The van der Waals surface area contributed by atoms with Crippen LogP contribution in [0.3, 0.4) is 0 Å². The van der Waals surface area contributed by atoms with Gasteiger partial charge in [-0.1, -0.05) is 0 Å². The molecule has 9 heteroatoms. The number of aromatic nitrogens is 3. The highest BCUT2D eigenvalue weighted by molar-refractivity contribution is 7.13. The van der Waals surface area contributed by atoms with Crippen LogP contribution in [0, 0.1) is 11.3 Å². The van der Waals surface area contributed by atoms with E-state index in [1.807, 2.05) is 0 Å². The lowest BCUT2D eigenvalue weighted by Gasteiger charge is -2.33. The smallest absolute Gasteiger partial charge is 0.311 e. The lowest BCUT2D eigenvalue weighted by Crippen LogP contribution is -2.45. The number of amides is 1. The van der Waals surface area contributed by atoms with Crippen LogP contribution >= 0.6 is 11.3 Å². The van der Waals surface area contributed by atoms with Crippen molar-refractivity contribution in [3.8, 4) is 10.7 Å². The van der Waals surface area contributed by atoms with Gasteiger partial charge in [-0.2, -0.15) is 0 Å². The molecule has 0 saturated carbocycles. The van der Waals surface area contributed by atoms with Gasteiger partial charge in [0.2, 0.25) is 0 Å². The van der Waals surface area contributed by atoms with Gasteiger partial charge in [0.15, 0.2) is 0 Å². The van der Waals surface area contributed by atoms with Gasteiger partial charge >= 0.3 is 5.97 Å². The van der Waals surface area contributed by atoms with Gasteiger partial charge in [0.25, 0.3) is 5.91 Å². The molecule has 2 saturated heterocycles. The number of aliphatic carboxylic acids is 1. The minimum absolute atomic E-state index is 0.180. The molecule has 25 heavy (non-hydrogen) atoms. The van der Waals surface area contributed by atoms with Crippen LogP contribution in [-0.2, 0) is 9.53 Å². The van der Waals surface area contributed by atoms with Crippen LogP contribution in [0.2, 0.25) is 0 Å². The highest BCUT2D eigenvalue weighted by atomic mass is 32.1. The van der Waals surface area contributed by atoms with Crippen LogP contribution in [0.15, 0.2) is 24.0 Å². The fourth-order valence-electron chi connectivity index (χ4n) is 3.52. The van der Waals surface area contributed by atoms with E-state index in [9.17, 15) is 14.7 Å². The molecule has 2 aliphatic rings. The van der Waals surface area contributed by atoms with E-state index in [1.54, 1.807) is 28.9 Å². The minimum atomic E-state index is -0.905. The number of ether oxygens (including phenoxy) is 1. The number of carbonyl (C=O) groups is 2. The Morgan fingerprint density at radius 3 is 3.00 bits per heavy atom. The van der Waals surface area contributed by atoms with Crippen LogP contribution in [0.4, 0.5) is 0 Å². The van der Waals surface area contributed by atoms with Crippen molar-refractivity contribution in [2.75, 3.05) is 26.3 Å². The number of fused-ring (bicyclic) bond motifs is 1. The monoisotopic (exact) mass is 360 g/mol. The summed E-state index contributed by atoms with van der Waals surface area (Å²) in [4.78, 5) is 38.8. The highest BCUT2D eigenvalue weighted by Gasteiger charge is 2.55. The summed E-state index contributed by atoms with van der Waals surface area (Å²) in [7, 11) is 0. The number of thiazole rings is 1. The van der Waals surface area contributed by atoms with Gasteiger partial charge in [0.05, 0.1) is 18.2 Å². The van der Waals surface area contributed by atoms with E-state index in [-0.39, 0.29) is 18.4 Å². The Kier molecular flexibility index (Phi) is 3.97. The molecule has 0 aromatic carbocycles. The largest absolute Gasteiger partial charge is 0.481 e. The Bertz CT molecular complexity index is 811. The van der Waals surface area contributed by atoms with Crippen LogP contribution < -0.4 is 0 Å². The lowest BCUT2D eigenvalue weighted by atomic mass is 9.74. The average molecular weight is 360 g/mol. The van der Waals surface area contributed by atoms with Gasteiger partial charge in [0, 0.05) is 43.4 Å². The maximum absolute atomic E-state index is 12.8. The third kappa shape index (κ3) is 2.69. The Balaban J connectivity index is 1.56. The van der Waals surface area contributed by atoms with E-state index >= 15 is 0 Å². The molecular weight excluding hydrogens is 344 g/mol. The summed E-state index contributed by atoms with van der Waals surface area (Å²) in [6.07, 6.45) is 5.16. The molecule has 2 aliphatic heterocycles. The second-order valence-corrected chi connectivity index (χ2v) is 7.16. The zero-order valence-electron chi connectivity index (χ0n) is 13.3. The van der Waals surface area contributed by atoms with E-state index < -0.39 is 11.4 Å². The molecule has 130 valence electrons. The molecule has 4 heterocycles. The molecule has 8 nitrogen and oxygen atoms in total. The fraction of sp³-hybridized carbons (Fsp3) is 0.438. The van der Waals surface area contributed by atoms with Crippen molar-refractivity contribution in [3.63, 3.8) is 0 Å². The van der Waals surface area contributed by atoms with Crippen molar-refractivity contribution in [2.24, 2.45) is 11.3 Å². The molecule has 0 aliphatic carbocycles. The molecule has 2 aromatic rings. The van der Waals surface area contributed by atoms with Gasteiger partial charge in [-0.25, -0.2) is 4.98 Å². The number of nitrogens with zero attached hydrogens (tertiary/aromatic N) is 4. The summed E-state index contributed by atoms with van der Waals surface area (Å²) in [5.41, 5.74) is 0.0142. The molecule has 0 spiro atoms. The van der Waals surface area contributed by atoms with Crippen molar-refractivity contribution in [3.05, 3.63) is 29.7 Å². The van der Waals surface area contributed by atoms with E-state index in [0.717, 1.165) is 0 Å². The van der Waals surface area contributed by atoms with Gasteiger partial charge < -0.3 is 14.7 Å². The topological polar surface area (TPSA) is 106 Å². The van der Waals surface area contributed by atoms with Crippen molar-refractivity contribution >= 4 is 23.2 Å². The minimum Gasteiger partial charge on any atom is -0.481 e. The Morgan fingerprint density at radius 1 is 1.40 bits per heavy atom. The number of carbonyl (C=O) groups excluding carboxylic acids is 1. The maximum atomic E-state index is 12.8. The Labute approximate surface area is 147 Å². The molecule has 0 bridgehead atoms. The third-order valence-electron chi connectivity index (χ3n) is 4.93. The molecule has 2 aromatic heterocycles. The first-order valence-corrected chi connectivity index (χ1v) is 8.80. The molecule has 0 unspecified atom stereocenters. The zero-order valence-corrected chi connectivity index (χ0v) is 14.1. The van der Waals surface area contributed by atoms with Crippen LogP contribution in [0.5, 0.6) is 0 Å². The lowest BCUT2D eigenvalue weighted by molar-refractivity contribution is -0.157. The molecule has 1 amide bonds. The summed E-state index contributed by atoms with van der Waals surface area (Å²) in [5.74, 6) is -1.28. The van der Waals surface area contributed by atoms with E-state index in [4.69, 9.17) is 4.74 Å². The predicted octanol–water partition coefficient (Wildman–Crippen LogP) is 1.16. The number of carboxylic acid groups (broad SMARTS) is 1. The number of carboxylic acids is 1. The van der Waals surface area contributed by atoms with Crippen LogP contribution in [0.1, 0.15) is 16.9 Å². The van der Waals surface area contributed by atoms with Crippen molar-refractivity contribution < 1.29 is 19.4 Å². The predicted molar refractivity (Wildman–Crippen MR) is 88.0 cm³/mol. The first-order valence-electron chi connectivity index (χ1n) is 7.92.